The van der Waals surface area contributed by atoms with Crippen molar-refractivity contribution in [3.8, 4) is 0 Å². The van der Waals surface area contributed by atoms with Crippen LogP contribution in [0.3, 0.4) is 0 Å². The predicted octanol–water partition coefficient (Wildman–Crippen LogP) is 7.95. The molecule has 0 N–H and O–H groups in total. The van der Waals surface area contributed by atoms with E-state index < -0.39 is 0 Å². The molecule has 0 aliphatic heterocycles. The van der Waals surface area contributed by atoms with E-state index in [9.17, 15) is 0 Å². The van der Waals surface area contributed by atoms with Gasteiger partial charge in [-0.25, -0.2) is 0 Å². The Morgan fingerprint density at radius 1 is 0.480 bits per heavy atom. The molecule has 0 bridgehead atoms. The molecule has 152 valence electrons. The van der Waals surface area contributed by atoms with Crippen LogP contribution < -0.4 is 0 Å². The number of hydrogen-bond donors (Lipinski definition) is 0. The van der Waals surface area contributed by atoms with E-state index in [-0.39, 0.29) is 0 Å². The minimum absolute atomic E-state index is 0.810. The molecule has 0 fully saturated rings. The molecule has 0 amide bonds. The maximum Gasteiger partial charge on any atom is 0.0922 e. The van der Waals surface area contributed by atoms with Crippen molar-refractivity contribution >= 4 is 11.6 Å². The molecular formula is C23H49ClN+. The third-order valence-corrected chi connectivity index (χ3v) is 5.90. The van der Waals surface area contributed by atoms with Gasteiger partial charge in [0.15, 0.2) is 0 Å². The molecule has 2 heteroatoms. The first kappa shape index (κ1) is 25.2. The summed E-state index contributed by atoms with van der Waals surface area (Å²) in [7, 11) is 2.44. The Balaban J connectivity index is 3.66. The first-order valence-electron chi connectivity index (χ1n) is 11.6. The molecule has 0 saturated heterocycles. The van der Waals surface area contributed by atoms with E-state index in [2.05, 4.69) is 20.9 Å². The van der Waals surface area contributed by atoms with Gasteiger partial charge in [0.1, 0.15) is 0 Å². The van der Waals surface area contributed by atoms with Crippen molar-refractivity contribution in [3.63, 3.8) is 0 Å². The number of alkyl halides is 1. The number of nitrogens with zero attached hydrogens (tertiary/aromatic N) is 1. The lowest BCUT2D eigenvalue weighted by molar-refractivity contribution is -0.907. The summed E-state index contributed by atoms with van der Waals surface area (Å²) in [5, 5.41) is 0. The summed E-state index contributed by atoms with van der Waals surface area (Å²) < 4.78 is 1.20. The van der Waals surface area contributed by atoms with Gasteiger partial charge < -0.3 is 4.48 Å². The van der Waals surface area contributed by atoms with E-state index in [4.69, 9.17) is 11.6 Å². The molecule has 0 aromatic rings. The quantitative estimate of drug-likeness (QED) is 0.115. The van der Waals surface area contributed by atoms with Gasteiger partial charge in [-0.3, -0.25) is 0 Å². The minimum atomic E-state index is 0.810. The molecule has 0 rings (SSSR count). The van der Waals surface area contributed by atoms with Crippen LogP contribution in [0.1, 0.15) is 117 Å². The lowest BCUT2D eigenvalue weighted by Crippen LogP contribution is -2.47. The third-order valence-electron chi connectivity index (χ3n) is 5.73. The standard InChI is InChI=1S/C23H49ClN/c1-4-6-8-10-12-14-16-18-21-25(3,23-20-24)22-19-17-15-13-11-9-7-5-2/h4-23H2,1-3H3/q+1. The number of rotatable bonds is 20. The SMILES string of the molecule is CCCCCCCCCC[N+](C)(CCCl)CCCCCCCCCC. The topological polar surface area (TPSA) is 0 Å². The summed E-state index contributed by atoms with van der Waals surface area (Å²) in [6, 6.07) is 0. The summed E-state index contributed by atoms with van der Waals surface area (Å²) >= 11 is 6.09. The molecule has 0 aliphatic rings. The van der Waals surface area contributed by atoms with E-state index in [1.807, 2.05) is 0 Å². The van der Waals surface area contributed by atoms with E-state index >= 15 is 0 Å². The Bertz CT molecular complexity index is 234. The molecule has 0 saturated carbocycles. The van der Waals surface area contributed by atoms with Gasteiger partial charge in [0.25, 0.3) is 0 Å². The number of quaternary nitrogens is 1. The summed E-state index contributed by atoms with van der Waals surface area (Å²) in [5.74, 6) is 0.810. The van der Waals surface area contributed by atoms with Crippen LogP contribution in [0.4, 0.5) is 0 Å². The first-order valence-corrected chi connectivity index (χ1v) is 12.1. The van der Waals surface area contributed by atoms with Crippen LogP contribution in [-0.4, -0.2) is 37.0 Å². The van der Waals surface area contributed by atoms with Gasteiger partial charge in [-0.05, 0) is 25.7 Å². The highest BCUT2D eigenvalue weighted by atomic mass is 35.5. The minimum Gasteiger partial charge on any atom is -0.325 e. The molecule has 1 nitrogen and oxygen atoms in total. The van der Waals surface area contributed by atoms with Crippen molar-refractivity contribution in [2.45, 2.75) is 117 Å². The number of hydrogen-bond acceptors (Lipinski definition) is 0. The number of halogens is 1. The van der Waals surface area contributed by atoms with Crippen LogP contribution in [-0.2, 0) is 0 Å². The fourth-order valence-electron chi connectivity index (χ4n) is 3.79. The van der Waals surface area contributed by atoms with Crippen molar-refractivity contribution in [2.24, 2.45) is 0 Å². The fourth-order valence-corrected chi connectivity index (χ4v) is 4.20. The Morgan fingerprint density at radius 3 is 1.12 bits per heavy atom. The molecular weight excluding hydrogens is 326 g/mol. The maximum absolute atomic E-state index is 6.09. The molecule has 0 unspecified atom stereocenters. The molecule has 0 aliphatic carbocycles. The Morgan fingerprint density at radius 2 is 0.800 bits per heavy atom. The second kappa shape index (κ2) is 19.0. The van der Waals surface area contributed by atoms with Gasteiger partial charge in [-0.1, -0.05) is 90.9 Å². The predicted molar refractivity (Wildman–Crippen MR) is 117 cm³/mol. The normalized spacial score (nSPS) is 12.0. The number of unbranched alkanes of at least 4 members (excludes halogenated alkanes) is 14. The van der Waals surface area contributed by atoms with Crippen LogP contribution in [0.15, 0.2) is 0 Å². The second-order valence-corrected chi connectivity index (χ2v) is 8.81. The molecule has 0 radical (unpaired) electrons. The highest BCUT2D eigenvalue weighted by molar-refractivity contribution is 6.17. The summed E-state index contributed by atoms with van der Waals surface area (Å²) in [5.41, 5.74) is 0. The zero-order valence-corrected chi connectivity index (χ0v) is 18.7. The zero-order chi connectivity index (χ0) is 18.6. The van der Waals surface area contributed by atoms with E-state index in [1.165, 1.54) is 120 Å². The molecule has 0 spiro atoms. The lowest BCUT2D eigenvalue weighted by atomic mass is 10.1. The van der Waals surface area contributed by atoms with Gasteiger partial charge in [0, 0.05) is 0 Å². The molecule has 0 heterocycles. The van der Waals surface area contributed by atoms with Gasteiger partial charge in [-0.15, -0.1) is 11.6 Å². The summed E-state index contributed by atoms with van der Waals surface area (Å²) in [6.45, 7) is 8.40. The average molecular weight is 375 g/mol. The van der Waals surface area contributed by atoms with Gasteiger partial charge >= 0.3 is 0 Å². The van der Waals surface area contributed by atoms with E-state index in [0.29, 0.717) is 0 Å². The Labute approximate surface area is 165 Å². The van der Waals surface area contributed by atoms with Crippen molar-refractivity contribution < 1.29 is 4.48 Å². The third kappa shape index (κ3) is 17.4. The average Bonchev–Trinajstić information content (AvgIpc) is 2.60. The Hall–Kier alpha value is 0.250. The first-order chi connectivity index (χ1) is 12.2. The van der Waals surface area contributed by atoms with E-state index in [0.717, 1.165) is 12.4 Å². The van der Waals surface area contributed by atoms with Crippen LogP contribution in [0.2, 0.25) is 0 Å². The van der Waals surface area contributed by atoms with Crippen molar-refractivity contribution in [1.82, 2.24) is 0 Å². The van der Waals surface area contributed by atoms with Crippen LogP contribution in [0, 0.1) is 0 Å². The molecule has 25 heavy (non-hydrogen) atoms. The smallest absolute Gasteiger partial charge is 0.0922 e. The fraction of sp³-hybridized carbons (Fsp3) is 1.00. The van der Waals surface area contributed by atoms with Gasteiger partial charge in [0.05, 0.1) is 32.6 Å². The second-order valence-electron chi connectivity index (χ2n) is 8.43. The summed E-state index contributed by atoms with van der Waals surface area (Å²) in [4.78, 5) is 0. The van der Waals surface area contributed by atoms with Crippen molar-refractivity contribution in [3.05, 3.63) is 0 Å². The van der Waals surface area contributed by atoms with Crippen LogP contribution in [0.5, 0.6) is 0 Å². The van der Waals surface area contributed by atoms with Crippen molar-refractivity contribution in [1.29, 1.82) is 0 Å². The Kier molecular flexibility index (Phi) is 19.2. The maximum atomic E-state index is 6.09. The van der Waals surface area contributed by atoms with Gasteiger partial charge in [-0.2, -0.15) is 0 Å². The lowest BCUT2D eigenvalue weighted by Gasteiger charge is -2.34. The highest BCUT2D eigenvalue weighted by Crippen LogP contribution is 2.14. The zero-order valence-electron chi connectivity index (χ0n) is 18.0. The highest BCUT2D eigenvalue weighted by Gasteiger charge is 2.19. The molecule has 0 aromatic carbocycles. The van der Waals surface area contributed by atoms with Crippen molar-refractivity contribution in [2.75, 3.05) is 32.6 Å². The van der Waals surface area contributed by atoms with Crippen LogP contribution >= 0.6 is 11.6 Å². The molecule has 0 atom stereocenters. The monoisotopic (exact) mass is 374 g/mol. The van der Waals surface area contributed by atoms with Crippen LogP contribution in [0.25, 0.3) is 0 Å². The van der Waals surface area contributed by atoms with Gasteiger partial charge in [0.2, 0.25) is 0 Å². The van der Waals surface area contributed by atoms with E-state index in [1.54, 1.807) is 0 Å². The summed E-state index contributed by atoms with van der Waals surface area (Å²) in [6.07, 6.45) is 22.7. The largest absolute Gasteiger partial charge is 0.325 e. The molecule has 0 aromatic heterocycles.